The third kappa shape index (κ3) is 6.44. The minimum absolute atomic E-state index is 0.0304. The summed E-state index contributed by atoms with van der Waals surface area (Å²) in [5.74, 6) is 0.682. The van der Waals surface area contributed by atoms with Crippen molar-refractivity contribution in [3.8, 4) is 5.75 Å². The van der Waals surface area contributed by atoms with Gasteiger partial charge in [0.1, 0.15) is 5.75 Å². The Morgan fingerprint density at radius 3 is 2.52 bits per heavy atom. The lowest BCUT2D eigenvalue weighted by Crippen LogP contribution is -2.33. The van der Waals surface area contributed by atoms with Crippen LogP contribution >= 0.6 is 0 Å². The van der Waals surface area contributed by atoms with E-state index in [1.165, 1.54) is 6.92 Å². The van der Waals surface area contributed by atoms with Gasteiger partial charge in [-0.3, -0.25) is 9.59 Å². The molecule has 5 nitrogen and oxygen atoms in total. The maximum absolute atomic E-state index is 12.3. The van der Waals surface area contributed by atoms with Crippen molar-refractivity contribution < 1.29 is 14.3 Å². The van der Waals surface area contributed by atoms with E-state index in [-0.39, 0.29) is 18.2 Å². The molecule has 0 radical (unpaired) electrons. The number of carbonyl (C=O) groups is 2. The fourth-order valence-corrected chi connectivity index (χ4v) is 2.92. The van der Waals surface area contributed by atoms with E-state index in [4.69, 9.17) is 4.74 Å². The largest absolute Gasteiger partial charge is 0.497 e. The number of aryl methyl sites for hydroxylation is 2. The third-order valence-corrected chi connectivity index (χ3v) is 4.51. The number of amides is 2. The number of benzene rings is 2. The number of ether oxygens (including phenoxy) is 1. The molecule has 2 aromatic carbocycles. The van der Waals surface area contributed by atoms with Gasteiger partial charge in [0.15, 0.2) is 0 Å². The van der Waals surface area contributed by atoms with E-state index in [0.717, 1.165) is 34.5 Å². The molecule has 0 saturated heterocycles. The molecule has 0 saturated carbocycles. The lowest BCUT2D eigenvalue weighted by atomic mass is 10.1. The van der Waals surface area contributed by atoms with Gasteiger partial charge in [-0.1, -0.05) is 29.8 Å². The molecule has 2 aromatic rings. The molecule has 1 N–H and O–H groups in total. The van der Waals surface area contributed by atoms with Gasteiger partial charge in [-0.25, -0.2) is 0 Å². The lowest BCUT2D eigenvalue weighted by Gasteiger charge is -2.21. The number of nitrogens with zero attached hydrogens (tertiary/aromatic N) is 1. The molecule has 2 rings (SSSR count). The Morgan fingerprint density at radius 1 is 1.07 bits per heavy atom. The monoisotopic (exact) mass is 368 g/mol. The van der Waals surface area contributed by atoms with Crippen LogP contribution in [-0.2, 0) is 16.0 Å². The van der Waals surface area contributed by atoms with Crippen molar-refractivity contribution in [2.75, 3.05) is 25.5 Å². The quantitative estimate of drug-likeness (QED) is 0.772. The molecular formula is C22H28N2O3. The molecule has 0 aliphatic carbocycles. The second-order valence-electron chi connectivity index (χ2n) is 6.72. The predicted octanol–water partition coefficient (Wildman–Crippen LogP) is 3.73. The molecule has 0 fully saturated rings. The van der Waals surface area contributed by atoms with Crippen LogP contribution in [0.15, 0.2) is 42.5 Å². The van der Waals surface area contributed by atoms with Crippen LogP contribution < -0.4 is 10.1 Å². The number of rotatable bonds is 8. The van der Waals surface area contributed by atoms with Crippen molar-refractivity contribution in [3.63, 3.8) is 0 Å². The maximum atomic E-state index is 12.3. The molecule has 0 atom stereocenters. The van der Waals surface area contributed by atoms with Crippen LogP contribution in [0.4, 0.5) is 5.69 Å². The summed E-state index contributed by atoms with van der Waals surface area (Å²) >= 11 is 0. The molecule has 144 valence electrons. The number of methoxy groups -OCH3 is 1. The van der Waals surface area contributed by atoms with Crippen LogP contribution in [0.3, 0.4) is 0 Å². The van der Waals surface area contributed by atoms with E-state index in [0.29, 0.717) is 13.1 Å². The molecule has 0 bridgehead atoms. The lowest BCUT2D eigenvalue weighted by molar-refractivity contribution is -0.129. The highest BCUT2D eigenvalue weighted by atomic mass is 16.5. The van der Waals surface area contributed by atoms with Gasteiger partial charge in [-0.05, 0) is 49.6 Å². The number of nitrogens with one attached hydrogen (secondary N) is 1. The molecule has 0 heterocycles. The molecule has 0 aromatic heterocycles. The maximum Gasteiger partial charge on any atom is 0.226 e. The average molecular weight is 368 g/mol. The summed E-state index contributed by atoms with van der Waals surface area (Å²) in [6.45, 7) is 6.49. The fourth-order valence-electron chi connectivity index (χ4n) is 2.92. The molecule has 0 aliphatic rings. The Labute approximate surface area is 161 Å². The number of hydrogen-bond donors (Lipinski definition) is 1. The van der Waals surface area contributed by atoms with Gasteiger partial charge in [0.2, 0.25) is 11.8 Å². The highest BCUT2D eigenvalue weighted by Crippen LogP contribution is 2.16. The van der Waals surface area contributed by atoms with Gasteiger partial charge in [0, 0.05) is 32.1 Å². The molecule has 0 unspecified atom stereocenters. The average Bonchev–Trinajstić information content (AvgIpc) is 2.64. The first kappa shape index (κ1) is 20.5. The van der Waals surface area contributed by atoms with E-state index < -0.39 is 0 Å². The van der Waals surface area contributed by atoms with Crippen LogP contribution in [0.1, 0.15) is 30.0 Å². The van der Waals surface area contributed by atoms with Gasteiger partial charge < -0.3 is 15.0 Å². The normalized spacial score (nSPS) is 10.4. The van der Waals surface area contributed by atoms with E-state index in [1.54, 1.807) is 12.0 Å². The van der Waals surface area contributed by atoms with E-state index in [1.807, 2.05) is 56.3 Å². The van der Waals surface area contributed by atoms with Crippen LogP contribution in [0.5, 0.6) is 5.75 Å². The summed E-state index contributed by atoms with van der Waals surface area (Å²) in [6.07, 6.45) is 0.987. The Bertz CT molecular complexity index is 802. The first-order valence-electron chi connectivity index (χ1n) is 9.14. The highest BCUT2D eigenvalue weighted by Gasteiger charge is 2.12. The summed E-state index contributed by atoms with van der Waals surface area (Å²) in [5, 5.41) is 2.93. The molecule has 2 amide bonds. The topological polar surface area (TPSA) is 58.6 Å². The second kappa shape index (κ2) is 9.76. The number of hydrogen-bond acceptors (Lipinski definition) is 3. The number of carbonyl (C=O) groups excluding carboxylic acids is 2. The van der Waals surface area contributed by atoms with Crippen molar-refractivity contribution in [2.45, 2.75) is 33.6 Å². The van der Waals surface area contributed by atoms with Gasteiger partial charge in [-0.2, -0.15) is 0 Å². The van der Waals surface area contributed by atoms with E-state index in [9.17, 15) is 9.59 Å². The highest BCUT2D eigenvalue weighted by molar-refractivity contribution is 5.91. The standard InChI is InChI=1S/C22H28N2O3/c1-16-8-9-21(17(2)14-16)23-22(26)11-13-24(18(3)25)12-10-19-6-5-7-20(15-19)27-4/h5-9,14-15H,10-13H2,1-4H3,(H,23,26). The molecule has 5 heteroatoms. The Balaban J connectivity index is 1.87. The minimum atomic E-state index is -0.0883. The Hall–Kier alpha value is -2.82. The zero-order chi connectivity index (χ0) is 19.8. The van der Waals surface area contributed by atoms with Crippen LogP contribution in [0, 0.1) is 13.8 Å². The van der Waals surface area contributed by atoms with Crippen molar-refractivity contribution in [1.82, 2.24) is 4.90 Å². The SMILES string of the molecule is COc1cccc(CCN(CCC(=O)Nc2ccc(C)cc2C)C(C)=O)c1. The second-order valence-corrected chi connectivity index (χ2v) is 6.72. The fraction of sp³-hybridized carbons (Fsp3) is 0.364. The first-order valence-corrected chi connectivity index (χ1v) is 9.14. The smallest absolute Gasteiger partial charge is 0.226 e. The number of anilines is 1. The van der Waals surface area contributed by atoms with Crippen LogP contribution in [0.25, 0.3) is 0 Å². The summed E-state index contributed by atoms with van der Waals surface area (Å²) < 4.78 is 5.23. The molecular weight excluding hydrogens is 340 g/mol. The summed E-state index contributed by atoms with van der Waals surface area (Å²) in [5.41, 5.74) is 4.10. The zero-order valence-electron chi connectivity index (χ0n) is 16.5. The Morgan fingerprint density at radius 2 is 1.85 bits per heavy atom. The molecule has 0 spiro atoms. The summed E-state index contributed by atoms with van der Waals surface area (Å²) in [7, 11) is 1.63. The van der Waals surface area contributed by atoms with E-state index in [2.05, 4.69) is 5.32 Å². The predicted molar refractivity (Wildman–Crippen MR) is 108 cm³/mol. The van der Waals surface area contributed by atoms with Crippen LogP contribution in [0.2, 0.25) is 0 Å². The van der Waals surface area contributed by atoms with Gasteiger partial charge in [0.25, 0.3) is 0 Å². The summed E-state index contributed by atoms with van der Waals surface area (Å²) in [4.78, 5) is 25.9. The zero-order valence-corrected chi connectivity index (χ0v) is 16.5. The molecule has 0 aliphatic heterocycles. The third-order valence-electron chi connectivity index (χ3n) is 4.51. The summed E-state index contributed by atoms with van der Waals surface area (Å²) in [6, 6.07) is 13.7. The van der Waals surface area contributed by atoms with E-state index >= 15 is 0 Å². The minimum Gasteiger partial charge on any atom is -0.497 e. The Kier molecular flexibility index (Phi) is 7.41. The van der Waals surface area contributed by atoms with Gasteiger partial charge >= 0.3 is 0 Å². The van der Waals surface area contributed by atoms with Gasteiger partial charge in [0.05, 0.1) is 7.11 Å². The first-order chi connectivity index (χ1) is 12.9. The van der Waals surface area contributed by atoms with Crippen molar-refractivity contribution in [1.29, 1.82) is 0 Å². The van der Waals surface area contributed by atoms with Crippen molar-refractivity contribution in [2.24, 2.45) is 0 Å². The molecule has 27 heavy (non-hydrogen) atoms. The van der Waals surface area contributed by atoms with Crippen LogP contribution in [-0.4, -0.2) is 36.9 Å². The van der Waals surface area contributed by atoms with Gasteiger partial charge in [-0.15, -0.1) is 0 Å². The van der Waals surface area contributed by atoms with Crippen molar-refractivity contribution >= 4 is 17.5 Å². The van der Waals surface area contributed by atoms with Crippen molar-refractivity contribution in [3.05, 3.63) is 59.2 Å².